The Balaban J connectivity index is 1.81. The van der Waals surface area contributed by atoms with E-state index in [1.54, 1.807) is 37.6 Å². The lowest BCUT2D eigenvalue weighted by Crippen LogP contribution is -2.36. The fraction of sp³-hybridized carbons (Fsp3) is 0.444. The third-order valence-corrected chi connectivity index (χ3v) is 3.57. The number of nitrogens with zero attached hydrogens (tertiary/aromatic N) is 1. The summed E-state index contributed by atoms with van der Waals surface area (Å²) in [5, 5.41) is 10.2. The van der Waals surface area contributed by atoms with Crippen LogP contribution < -0.4 is 0 Å². The van der Waals surface area contributed by atoms with Gasteiger partial charge in [0.05, 0.1) is 25.6 Å². The summed E-state index contributed by atoms with van der Waals surface area (Å²) in [6.45, 7) is 2.38. The molecule has 5 nitrogen and oxygen atoms in total. The molecule has 2 rings (SSSR count). The Morgan fingerprint density at radius 2 is 2.08 bits per heavy atom. The Labute approximate surface area is 141 Å². The second kappa shape index (κ2) is 10.2. The summed E-state index contributed by atoms with van der Waals surface area (Å²) in [6, 6.07) is 10.2. The maximum absolute atomic E-state index is 13.8. The second-order valence-electron chi connectivity index (χ2n) is 5.57. The molecule has 1 aromatic carbocycles. The molecule has 0 bridgehead atoms. The monoisotopic (exact) mass is 337 g/mol. The Bertz CT molecular complexity index is 576. The van der Waals surface area contributed by atoms with Crippen LogP contribution in [0.15, 0.2) is 47.1 Å². The van der Waals surface area contributed by atoms with Crippen molar-refractivity contribution in [3.8, 4) is 0 Å². The molecule has 132 valence electrons. The van der Waals surface area contributed by atoms with Crippen molar-refractivity contribution in [2.24, 2.45) is 0 Å². The Hall–Kier alpha value is -1.73. The second-order valence-corrected chi connectivity index (χ2v) is 5.57. The predicted molar refractivity (Wildman–Crippen MR) is 87.9 cm³/mol. The largest absolute Gasteiger partial charge is 0.467 e. The molecule has 0 saturated heterocycles. The molecule has 0 radical (unpaired) electrons. The fourth-order valence-electron chi connectivity index (χ4n) is 2.36. The number of halogens is 1. The molecule has 0 aliphatic carbocycles. The van der Waals surface area contributed by atoms with Gasteiger partial charge in [-0.15, -0.1) is 0 Å². The average Bonchev–Trinajstić information content (AvgIpc) is 3.08. The number of methoxy groups -OCH3 is 1. The van der Waals surface area contributed by atoms with Crippen molar-refractivity contribution >= 4 is 0 Å². The number of rotatable bonds is 11. The van der Waals surface area contributed by atoms with Crippen LogP contribution in [0.4, 0.5) is 4.39 Å². The number of ether oxygens (including phenoxy) is 2. The van der Waals surface area contributed by atoms with E-state index in [0.29, 0.717) is 44.2 Å². The standard InChI is InChI=1S/C18H24FNO4/c1-22-10-8-20(11-15-5-2-3-7-18(15)19)12-16(21)13-23-14-17-6-4-9-24-17/h2-7,9,16,21H,8,10-14H2,1H3. The van der Waals surface area contributed by atoms with Crippen molar-refractivity contribution in [1.29, 1.82) is 0 Å². The molecule has 6 heteroatoms. The lowest BCUT2D eigenvalue weighted by Gasteiger charge is -2.25. The zero-order chi connectivity index (χ0) is 17.2. The highest BCUT2D eigenvalue weighted by atomic mass is 19.1. The quantitative estimate of drug-likeness (QED) is 0.683. The molecule has 1 unspecified atom stereocenters. The summed E-state index contributed by atoms with van der Waals surface area (Å²) in [6.07, 6.45) is 0.902. The smallest absolute Gasteiger partial charge is 0.129 e. The summed E-state index contributed by atoms with van der Waals surface area (Å²) in [7, 11) is 1.62. The molecule has 0 aliphatic heterocycles. The molecule has 0 fully saturated rings. The van der Waals surface area contributed by atoms with Crippen LogP contribution in [0.5, 0.6) is 0 Å². The summed E-state index contributed by atoms with van der Waals surface area (Å²) in [4.78, 5) is 1.95. The van der Waals surface area contributed by atoms with Crippen LogP contribution >= 0.6 is 0 Å². The minimum atomic E-state index is -0.677. The van der Waals surface area contributed by atoms with Crippen molar-refractivity contribution in [2.75, 3.05) is 33.4 Å². The molecule has 24 heavy (non-hydrogen) atoms. The molecule has 1 atom stereocenters. The molecule has 0 saturated carbocycles. The molecular formula is C18H24FNO4. The number of furan rings is 1. The van der Waals surface area contributed by atoms with Gasteiger partial charge in [0.1, 0.15) is 18.2 Å². The molecular weight excluding hydrogens is 313 g/mol. The van der Waals surface area contributed by atoms with E-state index in [1.165, 1.54) is 6.07 Å². The van der Waals surface area contributed by atoms with E-state index in [9.17, 15) is 9.50 Å². The van der Waals surface area contributed by atoms with Crippen LogP contribution in [0.2, 0.25) is 0 Å². The lowest BCUT2D eigenvalue weighted by molar-refractivity contribution is 0.000330. The summed E-state index contributed by atoms with van der Waals surface area (Å²) >= 11 is 0. The van der Waals surface area contributed by atoms with E-state index in [2.05, 4.69) is 0 Å². The van der Waals surface area contributed by atoms with Gasteiger partial charge in [0.15, 0.2) is 0 Å². The SMILES string of the molecule is COCCN(Cc1ccccc1F)CC(O)COCc1ccco1. The van der Waals surface area contributed by atoms with Crippen LogP contribution in [-0.2, 0) is 22.6 Å². The Morgan fingerprint density at radius 3 is 2.79 bits per heavy atom. The van der Waals surface area contributed by atoms with Gasteiger partial charge >= 0.3 is 0 Å². The molecule has 0 amide bonds. The van der Waals surface area contributed by atoms with E-state index in [-0.39, 0.29) is 12.4 Å². The topological polar surface area (TPSA) is 55.1 Å². The zero-order valence-electron chi connectivity index (χ0n) is 13.9. The van der Waals surface area contributed by atoms with Crippen molar-refractivity contribution in [3.05, 3.63) is 59.8 Å². The normalized spacial score (nSPS) is 12.7. The van der Waals surface area contributed by atoms with E-state index in [1.807, 2.05) is 11.0 Å². The number of hydrogen-bond acceptors (Lipinski definition) is 5. The summed E-state index contributed by atoms with van der Waals surface area (Å²) in [5.41, 5.74) is 0.595. The Kier molecular flexibility index (Phi) is 7.91. The third-order valence-electron chi connectivity index (χ3n) is 3.57. The van der Waals surface area contributed by atoms with Crippen LogP contribution in [0.3, 0.4) is 0 Å². The van der Waals surface area contributed by atoms with Gasteiger partial charge in [-0.1, -0.05) is 18.2 Å². The molecule has 2 aromatic rings. The number of benzene rings is 1. The first-order valence-corrected chi connectivity index (χ1v) is 7.92. The van der Waals surface area contributed by atoms with E-state index in [0.717, 1.165) is 0 Å². The number of aliphatic hydroxyl groups is 1. The molecule has 0 aliphatic rings. The minimum absolute atomic E-state index is 0.182. The number of aliphatic hydroxyl groups excluding tert-OH is 1. The Morgan fingerprint density at radius 1 is 1.25 bits per heavy atom. The van der Waals surface area contributed by atoms with E-state index >= 15 is 0 Å². The first-order chi connectivity index (χ1) is 11.7. The van der Waals surface area contributed by atoms with Crippen molar-refractivity contribution in [2.45, 2.75) is 19.3 Å². The van der Waals surface area contributed by atoms with Gasteiger partial charge in [-0.05, 0) is 18.2 Å². The molecule has 0 spiro atoms. The molecule has 1 heterocycles. The van der Waals surface area contributed by atoms with Crippen molar-refractivity contribution < 1.29 is 23.4 Å². The third kappa shape index (κ3) is 6.41. The summed E-state index contributed by atoms with van der Waals surface area (Å²) < 4.78 is 29.5. The van der Waals surface area contributed by atoms with Crippen molar-refractivity contribution in [3.63, 3.8) is 0 Å². The fourth-order valence-corrected chi connectivity index (χ4v) is 2.36. The van der Waals surface area contributed by atoms with Crippen LogP contribution in [0.1, 0.15) is 11.3 Å². The highest BCUT2D eigenvalue weighted by molar-refractivity contribution is 5.17. The van der Waals surface area contributed by atoms with Gasteiger partial charge in [0, 0.05) is 32.3 Å². The van der Waals surface area contributed by atoms with Gasteiger partial charge in [-0.3, -0.25) is 4.90 Å². The maximum atomic E-state index is 13.8. The van der Waals surface area contributed by atoms with Crippen LogP contribution in [-0.4, -0.2) is 49.5 Å². The van der Waals surface area contributed by atoms with Gasteiger partial charge in [0.25, 0.3) is 0 Å². The minimum Gasteiger partial charge on any atom is -0.467 e. The number of hydrogen-bond donors (Lipinski definition) is 1. The zero-order valence-corrected chi connectivity index (χ0v) is 13.9. The predicted octanol–water partition coefficient (Wildman–Crippen LogP) is 2.44. The summed E-state index contributed by atoms with van der Waals surface area (Å²) in [5.74, 6) is 0.466. The van der Waals surface area contributed by atoms with Gasteiger partial charge in [-0.2, -0.15) is 0 Å². The molecule has 1 N–H and O–H groups in total. The van der Waals surface area contributed by atoms with Crippen LogP contribution in [0, 0.1) is 5.82 Å². The first-order valence-electron chi connectivity index (χ1n) is 7.92. The lowest BCUT2D eigenvalue weighted by atomic mass is 10.2. The maximum Gasteiger partial charge on any atom is 0.129 e. The highest BCUT2D eigenvalue weighted by Crippen LogP contribution is 2.11. The van der Waals surface area contributed by atoms with E-state index in [4.69, 9.17) is 13.9 Å². The van der Waals surface area contributed by atoms with Gasteiger partial charge in [-0.25, -0.2) is 4.39 Å². The van der Waals surface area contributed by atoms with Gasteiger partial charge in [0.2, 0.25) is 0 Å². The highest BCUT2D eigenvalue weighted by Gasteiger charge is 2.14. The van der Waals surface area contributed by atoms with Crippen molar-refractivity contribution in [1.82, 2.24) is 4.90 Å². The average molecular weight is 337 g/mol. The van der Waals surface area contributed by atoms with Gasteiger partial charge < -0.3 is 19.0 Å². The van der Waals surface area contributed by atoms with E-state index < -0.39 is 6.10 Å². The van der Waals surface area contributed by atoms with Crippen LogP contribution in [0.25, 0.3) is 0 Å². The first kappa shape index (κ1) is 18.6. The molecule has 1 aromatic heterocycles.